The van der Waals surface area contributed by atoms with Gasteiger partial charge in [0.25, 0.3) is 5.91 Å². The summed E-state index contributed by atoms with van der Waals surface area (Å²) < 4.78 is 6.17. The number of aromatic amines is 1. The Morgan fingerprint density at radius 3 is 2.88 bits per heavy atom. The van der Waals surface area contributed by atoms with Crippen LogP contribution in [0.25, 0.3) is 5.57 Å². The van der Waals surface area contributed by atoms with Crippen molar-refractivity contribution in [3.63, 3.8) is 0 Å². The Labute approximate surface area is 185 Å². The molecule has 0 aliphatic carbocycles. The smallest absolute Gasteiger partial charge is 0.261 e. The largest absolute Gasteiger partial charge is 0.487 e. The van der Waals surface area contributed by atoms with Crippen molar-refractivity contribution >= 4 is 22.9 Å². The number of nitrogens with two attached hydrogens (primary N) is 1. The average Bonchev–Trinajstić information content (AvgIpc) is 3.36. The van der Waals surface area contributed by atoms with Gasteiger partial charge in [-0.25, -0.2) is 15.0 Å². The Hall–Kier alpha value is -3.88. The summed E-state index contributed by atoms with van der Waals surface area (Å²) in [4.78, 5) is 31.3. The van der Waals surface area contributed by atoms with Crippen LogP contribution in [0.15, 0.2) is 43.1 Å². The Morgan fingerprint density at radius 2 is 2.09 bits per heavy atom. The van der Waals surface area contributed by atoms with Crippen LogP contribution in [0.3, 0.4) is 0 Å². The first-order valence-electron chi connectivity index (χ1n) is 10.6. The number of rotatable bonds is 4. The monoisotopic (exact) mass is 431 g/mol. The topological polar surface area (TPSA) is 122 Å². The number of H-pyrrole nitrogens is 1. The van der Waals surface area contributed by atoms with Crippen LogP contribution < -0.4 is 20.7 Å². The summed E-state index contributed by atoms with van der Waals surface area (Å²) in [6.07, 6.45) is 7.70. The second-order valence-corrected chi connectivity index (χ2v) is 8.62. The highest BCUT2D eigenvalue weighted by molar-refractivity contribution is 6.24. The van der Waals surface area contributed by atoms with E-state index >= 15 is 0 Å². The van der Waals surface area contributed by atoms with E-state index in [1.807, 2.05) is 12.1 Å². The van der Waals surface area contributed by atoms with E-state index in [0.717, 1.165) is 47.8 Å². The number of nitrogens with zero attached hydrogens (tertiary/aromatic N) is 4. The van der Waals surface area contributed by atoms with E-state index in [2.05, 4.69) is 44.0 Å². The standard InChI is InChI=1S/C23H25N7O2/c1-23(2)10-14-8-17(29-22(31)15(11-24)21-25-5-3-6-26-21)19(9-20(14)32-23)30-7-4-16-18(12-30)28-13-27-16/h3,5-6,8-9,11,13H,4,7,10,12,24H2,1-2H3,(H,27,28)(H,29,31). The number of hydrogen-bond donors (Lipinski definition) is 3. The lowest BCUT2D eigenvalue weighted by atomic mass is 10.00. The fourth-order valence-electron chi connectivity index (χ4n) is 4.30. The van der Waals surface area contributed by atoms with Gasteiger partial charge >= 0.3 is 0 Å². The fourth-order valence-corrected chi connectivity index (χ4v) is 4.30. The molecule has 0 bridgehead atoms. The number of fused-ring (bicyclic) bond motifs is 2. The number of imidazole rings is 1. The zero-order valence-electron chi connectivity index (χ0n) is 18.1. The molecule has 32 heavy (non-hydrogen) atoms. The molecule has 2 aromatic heterocycles. The molecule has 9 heteroatoms. The highest BCUT2D eigenvalue weighted by Gasteiger charge is 2.33. The minimum Gasteiger partial charge on any atom is -0.487 e. The van der Waals surface area contributed by atoms with Gasteiger partial charge in [0.05, 0.1) is 41.2 Å². The molecule has 0 saturated carbocycles. The summed E-state index contributed by atoms with van der Waals surface area (Å²) in [5.74, 6) is 0.761. The Kier molecular flexibility index (Phi) is 4.80. The van der Waals surface area contributed by atoms with E-state index in [1.54, 1.807) is 24.8 Å². The Balaban J connectivity index is 1.50. The third-order valence-corrected chi connectivity index (χ3v) is 5.76. The molecule has 0 radical (unpaired) electrons. The highest BCUT2D eigenvalue weighted by atomic mass is 16.5. The lowest BCUT2D eigenvalue weighted by molar-refractivity contribution is -0.111. The van der Waals surface area contributed by atoms with Crippen LogP contribution >= 0.6 is 0 Å². The molecule has 1 aromatic carbocycles. The fraction of sp³-hybridized carbons (Fsp3) is 0.304. The lowest BCUT2D eigenvalue weighted by Crippen LogP contribution is -2.31. The summed E-state index contributed by atoms with van der Waals surface area (Å²) in [7, 11) is 0. The zero-order chi connectivity index (χ0) is 22.3. The third kappa shape index (κ3) is 3.66. The second-order valence-electron chi connectivity index (χ2n) is 8.62. The number of aromatic nitrogens is 4. The molecule has 4 heterocycles. The van der Waals surface area contributed by atoms with Crippen LogP contribution in [0.4, 0.5) is 11.4 Å². The minimum absolute atomic E-state index is 0.211. The maximum atomic E-state index is 13.2. The Bertz CT molecular complexity index is 1200. The van der Waals surface area contributed by atoms with E-state index in [0.29, 0.717) is 12.2 Å². The average molecular weight is 432 g/mol. The van der Waals surface area contributed by atoms with Gasteiger partial charge in [-0.2, -0.15) is 0 Å². The van der Waals surface area contributed by atoms with Crippen molar-refractivity contribution in [3.05, 3.63) is 65.9 Å². The van der Waals surface area contributed by atoms with Gasteiger partial charge in [0, 0.05) is 49.6 Å². The van der Waals surface area contributed by atoms with Gasteiger partial charge in [-0.1, -0.05) is 0 Å². The number of ether oxygens (including phenoxy) is 1. The van der Waals surface area contributed by atoms with Crippen LogP contribution in [0, 0.1) is 0 Å². The van der Waals surface area contributed by atoms with Crippen molar-refractivity contribution in [2.45, 2.75) is 38.8 Å². The molecule has 1 amide bonds. The maximum absolute atomic E-state index is 13.2. The first-order valence-corrected chi connectivity index (χ1v) is 10.6. The molecular formula is C23H25N7O2. The second kappa shape index (κ2) is 7.67. The summed E-state index contributed by atoms with van der Waals surface area (Å²) in [5.41, 5.74) is 10.5. The molecular weight excluding hydrogens is 406 g/mol. The molecule has 0 fully saturated rings. The molecule has 3 aromatic rings. The van der Waals surface area contributed by atoms with Crippen molar-refractivity contribution in [1.29, 1.82) is 0 Å². The van der Waals surface area contributed by atoms with Gasteiger partial charge in [0.2, 0.25) is 0 Å². The van der Waals surface area contributed by atoms with Crippen molar-refractivity contribution < 1.29 is 9.53 Å². The van der Waals surface area contributed by atoms with Crippen molar-refractivity contribution in [3.8, 4) is 5.75 Å². The molecule has 0 unspecified atom stereocenters. The van der Waals surface area contributed by atoms with Crippen molar-refractivity contribution in [1.82, 2.24) is 19.9 Å². The molecule has 0 saturated heterocycles. The summed E-state index contributed by atoms with van der Waals surface area (Å²) in [5, 5.41) is 3.04. The lowest BCUT2D eigenvalue weighted by Gasteiger charge is -2.30. The highest BCUT2D eigenvalue weighted by Crippen LogP contribution is 2.42. The molecule has 4 N–H and O–H groups in total. The SMILES string of the molecule is CC1(C)Cc2cc(NC(=O)C(=CN)c3ncccn3)c(N3CCc4nc[nH]c4C3)cc2O1. The molecule has 5 rings (SSSR count). The van der Waals surface area contributed by atoms with Crippen LogP contribution in [-0.4, -0.2) is 38.0 Å². The molecule has 2 aliphatic rings. The van der Waals surface area contributed by atoms with E-state index in [-0.39, 0.29) is 22.9 Å². The summed E-state index contributed by atoms with van der Waals surface area (Å²) in [6.45, 7) is 5.57. The van der Waals surface area contributed by atoms with Crippen LogP contribution in [0.1, 0.15) is 36.6 Å². The van der Waals surface area contributed by atoms with E-state index < -0.39 is 0 Å². The number of benzene rings is 1. The first kappa shape index (κ1) is 20.0. The summed E-state index contributed by atoms with van der Waals surface area (Å²) >= 11 is 0. The zero-order valence-corrected chi connectivity index (χ0v) is 18.1. The number of hydrogen-bond acceptors (Lipinski definition) is 7. The molecule has 164 valence electrons. The van der Waals surface area contributed by atoms with Crippen LogP contribution in [0.5, 0.6) is 5.75 Å². The summed E-state index contributed by atoms with van der Waals surface area (Å²) in [6, 6.07) is 5.71. The van der Waals surface area contributed by atoms with Gasteiger partial charge < -0.3 is 25.7 Å². The third-order valence-electron chi connectivity index (χ3n) is 5.76. The normalized spacial score (nSPS) is 16.8. The van der Waals surface area contributed by atoms with Crippen molar-refractivity contribution in [2.75, 3.05) is 16.8 Å². The maximum Gasteiger partial charge on any atom is 0.261 e. The first-order chi connectivity index (χ1) is 15.4. The number of nitrogens with one attached hydrogen (secondary N) is 2. The number of anilines is 2. The molecule has 9 nitrogen and oxygen atoms in total. The minimum atomic E-state index is -0.364. The molecule has 0 atom stereocenters. The van der Waals surface area contributed by atoms with Crippen molar-refractivity contribution in [2.24, 2.45) is 5.73 Å². The predicted octanol–water partition coefficient (Wildman–Crippen LogP) is 2.41. The van der Waals surface area contributed by atoms with E-state index in [4.69, 9.17) is 10.5 Å². The van der Waals surface area contributed by atoms with Crippen LogP contribution in [-0.2, 0) is 24.2 Å². The number of carbonyl (C=O) groups excluding carboxylic acids is 1. The number of carbonyl (C=O) groups is 1. The molecule has 2 aliphatic heterocycles. The molecule has 0 spiro atoms. The van der Waals surface area contributed by atoms with Gasteiger partial charge in [0.1, 0.15) is 11.4 Å². The number of amides is 1. The van der Waals surface area contributed by atoms with E-state index in [1.165, 1.54) is 6.20 Å². The van der Waals surface area contributed by atoms with Gasteiger partial charge in [-0.05, 0) is 26.0 Å². The van der Waals surface area contributed by atoms with E-state index in [9.17, 15) is 4.79 Å². The Morgan fingerprint density at radius 1 is 1.28 bits per heavy atom. The van der Waals surface area contributed by atoms with Gasteiger partial charge in [0.15, 0.2) is 5.82 Å². The van der Waals surface area contributed by atoms with Gasteiger partial charge in [-0.3, -0.25) is 4.79 Å². The van der Waals surface area contributed by atoms with Crippen LogP contribution in [0.2, 0.25) is 0 Å². The quantitative estimate of drug-likeness (QED) is 0.542. The van der Waals surface area contributed by atoms with Gasteiger partial charge in [-0.15, -0.1) is 0 Å². The predicted molar refractivity (Wildman–Crippen MR) is 121 cm³/mol.